The standard InChI is InChI=1S/C12H12N6/c1-18(8-13)12-6-11(16-9-17-12)15-7-10-2-4-14-5-3-10/h2-6,9H,7H2,1H3,(H,15,16,17). The fraction of sp³-hybridized carbons (Fsp3) is 0.167. The minimum atomic E-state index is 0.560. The van der Waals surface area contributed by atoms with Crippen LogP contribution in [0.15, 0.2) is 36.9 Å². The maximum atomic E-state index is 8.78. The molecule has 2 rings (SSSR count). The Labute approximate surface area is 105 Å². The molecule has 0 aromatic carbocycles. The van der Waals surface area contributed by atoms with Crippen LogP contribution in [0.1, 0.15) is 5.56 Å². The molecule has 6 heteroatoms. The van der Waals surface area contributed by atoms with Crippen LogP contribution in [-0.4, -0.2) is 22.0 Å². The zero-order chi connectivity index (χ0) is 12.8. The highest BCUT2D eigenvalue weighted by atomic mass is 15.2. The highest BCUT2D eigenvalue weighted by Gasteiger charge is 2.02. The molecule has 0 aliphatic heterocycles. The zero-order valence-corrected chi connectivity index (χ0v) is 9.91. The lowest BCUT2D eigenvalue weighted by molar-refractivity contribution is 1.05. The van der Waals surface area contributed by atoms with E-state index in [0.29, 0.717) is 18.2 Å². The molecule has 90 valence electrons. The van der Waals surface area contributed by atoms with Crippen molar-refractivity contribution in [3.8, 4) is 6.19 Å². The SMILES string of the molecule is CN(C#N)c1cc(NCc2ccncc2)ncn1. The molecule has 6 nitrogen and oxygen atoms in total. The largest absolute Gasteiger partial charge is 0.366 e. The number of nitrogens with one attached hydrogen (secondary N) is 1. The molecular formula is C12H12N6. The third-order valence-electron chi connectivity index (χ3n) is 2.37. The van der Waals surface area contributed by atoms with Gasteiger partial charge in [0.05, 0.1) is 0 Å². The van der Waals surface area contributed by atoms with Gasteiger partial charge in [0.15, 0.2) is 6.19 Å². The Morgan fingerprint density at radius 2 is 2.11 bits per heavy atom. The first-order valence-electron chi connectivity index (χ1n) is 5.38. The average Bonchev–Trinajstić information content (AvgIpc) is 2.45. The number of nitriles is 1. The number of nitrogens with zero attached hydrogens (tertiary/aromatic N) is 5. The Kier molecular flexibility index (Phi) is 3.66. The molecule has 2 aromatic heterocycles. The van der Waals surface area contributed by atoms with E-state index in [0.717, 1.165) is 5.56 Å². The second kappa shape index (κ2) is 5.59. The van der Waals surface area contributed by atoms with E-state index in [1.54, 1.807) is 25.5 Å². The van der Waals surface area contributed by atoms with Gasteiger partial charge in [-0.25, -0.2) is 9.97 Å². The van der Waals surface area contributed by atoms with Crippen LogP contribution >= 0.6 is 0 Å². The Hall–Kier alpha value is -2.68. The van der Waals surface area contributed by atoms with Crippen LogP contribution in [0.4, 0.5) is 11.6 Å². The van der Waals surface area contributed by atoms with E-state index in [1.165, 1.54) is 11.2 Å². The Morgan fingerprint density at radius 3 is 2.83 bits per heavy atom. The summed E-state index contributed by atoms with van der Waals surface area (Å²) in [4.78, 5) is 13.4. The van der Waals surface area contributed by atoms with E-state index in [9.17, 15) is 0 Å². The van der Waals surface area contributed by atoms with Gasteiger partial charge in [0, 0.05) is 32.1 Å². The fourth-order valence-electron chi connectivity index (χ4n) is 1.37. The predicted molar refractivity (Wildman–Crippen MR) is 67.6 cm³/mol. The van der Waals surface area contributed by atoms with Gasteiger partial charge in [0.2, 0.25) is 0 Å². The van der Waals surface area contributed by atoms with Crippen LogP contribution in [0.5, 0.6) is 0 Å². The van der Waals surface area contributed by atoms with E-state index >= 15 is 0 Å². The second-order valence-electron chi connectivity index (χ2n) is 3.63. The van der Waals surface area contributed by atoms with Crippen molar-refractivity contribution >= 4 is 11.6 Å². The molecule has 2 heterocycles. The van der Waals surface area contributed by atoms with E-state index in [4.69, 9.17) is 5.26 Å². The van der Waals surface area contributed by atoms with Crippen molar-refractivity contribution in [2.45, 2.75) is 6.54 Å². The molecule has 0 saturated carbocycles. The van der Waals surface area contributed by atoms with Gasteiger partial charge in [0.25, 0.3) is 0 Å². The molecule has 0 unspecified atom stereocenters. The quantitative estimate of drug-likeness (QED) is 0.643. The first-order valence-corrected chi connectivity index (χ1v) is 5.38. The highest BCUT2D eigenvalue weighted by Crippen LogP contribution is 2.12. The average molecular weight is 240 g/mol. The Bertz CT molecular complexity index is 548. The summed E-state index contributed by atoms with van der Waals surface area (Å²) in [5.74, 6) is 1.24. The van der Waals surface area contributed by atoms with Gasteiger partial charge in [-0.15, -0.1) is 0 Å². The molecule has 0 bridgehead atoms. The molecule has 0 fully saturated rings. The van der Waals surface area contributed by atoms with E-state index in [1.807, 2.05) is 18.3 Å². The van der Waals surface area contributed by atoms with Gasteiger partial charge in [-0.3, -0.25) is 9.88 Å². The summed E-state index contributed by atoms with van der Waals surface area (Å²) in [5.41, 5.74) is 1.11. The van der Waals surface area contributed by atoms with Crippen LogP contribution in [0.2, 0.25) is 0 Å². The molecule has 0 spiro atoms. The summed E-state index contributed by atoms with van der Waals surface area (Å²) in [7, 11) is 1.65. The number of anilines is 2. The van der Waals surface area contributed by atoms with Gasteiger partial charge in [-0.1, -0.05) is 0 Å². The van der Waals surface area contributed by atoms with Crippen molar-refractivity contribution in [1.29, 1.82) is 5.26 Å². The van der Waals surface area contributed by atoms with Crippen LogP contribution in [0, 0.1) is 11.5 Å². The minimum Gasteiger partial charge on any atom is -0.366 e. The smallest absolute Gasteiger partial charge is 0.185 e. The molecule has 0 saturated heterocycles. The third-order valence-corrected chi connectivity index (χ3v) is 2.37. The number of pyridine rings is 1. The third kappa shape index (κ3) is 2.92. The van der Waals surface area contributed by atoms with Crippen LogP contribution in [0.25, 0.3) is 0 Å². The van der Waals surface area contributed by atoms with Gasteiger partial charge in [-0.2, -0.15) is 5.26 Å². The summed E-state index contributed by atoms with van der Waals surface area (Å²) in [5, 5.41) is 11.9. The van der Waals surface area contributed by atoms with Gasteiger partial charge in [0.1, 0.15) is 18.0 Å². The molecule has 0 aliphatic carbocycles. The normalized spacial score (nSPS) is 9.56. The molecule has 0 radical (unpaired) electrons. The zero-order valence-electron chi connectivity index (χ0n) is 9.91. The molecule has 0 atom stereocenters. The van der Waals surface area contributed by atoms with Crippen LogP contribution in [-0.2, 0) is 6.54 Å². The van der Waals surface area contributed by atoms with Crippen molar-refractivity contribution < 1.29 is 0 Å². The van der Waals surface area contributed by atoms with Crippen molar-refractivity contribution in [2.75, 3.05) is 17.3 Å². The van der Waals surface area contributed by atoms with Crippen LogP contribution in [0.3, 0.4) is 0 Å². The molecule has 0 aliphatic rings. The summed E-state index contributed by atoms with van der Waals surface area (Å²) in [6.45, 7) is 0.648. The van der Waals surface area contributed by atoms with Crippen molar-refractivity contribution in [3.63, 3.8) is 0 Å². The maximum Gasteiger partial charge on any atom is 0.185 e. The summed E-state index contributed by atoms with van der Waals surface area (Å²) in [6, 6.07) is 5.58. The number of aromatic nitrogens is 3. The fourth-order valence-corrected chi connectivity index (χ4v) is 1.37. The van der Waals surface area contributed by atoms with Gasteiger partial charge in [-0.05, 0) is 17.7 Å². The molecule has 0 amide bonds. The van der Waals surface area contributed by atoms with E-state index in [-0.39, 0.29) is 0 Å². The summed E-state index contributed by atoms with van der Waals surface area (Å²) < 4.78 is 0. The lowest BCUT2D eigenvalue weighted by Crippen LogP contribution is -2.11. The second-order valence-corrected chi connectivity index (χ2v) is 3.63. The van der Waals surface area contributed by atoms with Gasteiger partial charge < -0.3 is 5.32 Å². The Balaban J connectivity index is 2.04. The number of hydrogen-bond donors (Lipinski definition) is 1. The first kappa shape index (κ1) is 11.8. The summed E-state index contributed by atoms with van der Waals surface area (Å²) >= 11 is 0. The Morgan fingerprint density at radius 1 is 1.33 bits per heavy atom. The van der Waals surface area contributed by atoms with E-state index in [2.05, 4.69) is 20.3 Å². The minimum absolute atomic E-state index is 0.560. The molecule has 1 N–H and O–H groups in total. The lowest BCUT2D eigenvalue weighted by Gasteiger charge is -2.09. The number of hydrogen-bond acceptors (Lipinski definition) is 6. The topological polar surface area (TPSA) is 77.7 Å². The first-order chi connectivity index (χ1) is 8.79. The lowest BCUT2D eigenvalue weighted by atomic mass is 10.3. The molecular weight excluding hydrogens is 228 g/mol. The number of rotatable bonds is 4. The van der Waals surface area contributed by atoms with Crippen molar-refractivity contribution in [2.24, 2.45) is 0 Å². The molecule has 2 aromatic rings. The van der Waals surface area contributed by atoms with Crippen LogP contribution < -0.4 is 10.2 Å². The summed E-state index contributed by atoms with van der Waals surface area (Å²) in [6.07, 6.45) is 6.90. The van der Waals surface area contributed by atoms with Gasteiger partial charge >= 0.3 is 0 Å². The van der Waals surface area contributed by atoms with Crippen molar-refractivity contribution in [3.05, 3.63) is 42.5 Å². The van der Waals surface area contributed by atoms with E-state index < -0.39 is 0 Å². The predicted octanol–water partition coefficient (Wildman–Crippen LogP) is 1.40. The maximum absolute atomic E-state index is 8.78. The van der Waals surface area contributed by atoms with Crippen molar-refractivity contribution in [1.82, 2.24) is 15.0 Å². The molecule has 18 heavy (non-hydrogen) atoms. The highest BCUT2D eigenvalue weighted by molar-refractivity contribution is 5.50. The monoisotopic (exact) mass is 240 g/mol.